The normalized spacial score (nSPS) is 11.9. The lowest BCUT2D eigenvalue weighted by molar-refractivity contribution is -0.885. The summed E-state index contributed by atoms with van der Waals surface area (Å²) in [5.41, 5.74) is 5.42. The van der Waals surface area contributed by atoms with Gasteiger partial charge in [0.25, 0.3) is 5.91 Å². The molecule has 1 atom stereocenters. The van der Waals surface area contributed by atoms with Crippen LogP contribution in [0.1, 0.15) is 22.3 Å². The highest BCUT2D eigenvalue weighted by molar-refractivity contribution is 5.92. The zero-order chi connectivity index (χ0) is 17.7. The van der Waals surface area contributed by atoms with Gasteiger partial charge >= 0.3 is 0 Å². The molecule has 0 radical (unpaired) electrons. The third kappa shape index (κ3) is 4.83. The highest BCUT2D eigenvalue weighted by atomic mass is 16.5. The molecule has 128 valence electrons. The van der Waals surface area contributed by atoms with Crippen molar-refractivity contribution in [1.82, 2.24) is 0 Å². The lowest BCUT2D eigenvalue weighted by Crippen LogP contribution is -3.08. The number of amides is 1. The van der Waals surface area contributed by atoms with Crippen molar-refractivity contribution in [3.63, 3.8) is 0 Å². The molecule has 1 unspecified atom stereocenters. The van der Waals surface area contributed by atoms with Crippen molar-refractivity contribution < 1.29 is 14.4 Å². The predicted octanol–water partition coefficient (Wildman–Crippen LogP) is 2.27. The highest BCUT2D eigenvalue weighted by Crippen LogP contribution is 2.18. The lowest BCUT2D eigenvalue weighted by Gasteiger charge is -2.17. The second-order valence-electron chi connectivity index (χ2n) is 6.49. The number of nitrogens with one attached hydrogen (secondary N) is 2. The van der Waals surface area contributed by atoms with Gasteiger partial charge in [-0.1, -0.05) is 23.8 Å². The molecular weight excluding hydrogens is 300 g/mol. The van der Waals surface area contributed by atoms with Crippen LogP contribution in [0.25, 0.3) is 0 Å². The van der Waals surface area contributed by atoms with Crippen LogP contribution in [0.3, 0.4) is 0 Å². The van der Waals surface area contributed by atoms with E-state index in [1.807, 2.05) is 51.2 Å². The first-order valence-corrected chi connectivity index (χ1v) is 8.21. The summed E-state index contributed by atoms with van der Waals surface area (Å²) in [6.07, 6.45) is 0. The van der Waals surface area contributed by atoms with Gasteiger partial charge in [0, 0.05) is 11.3 Å². The Labute approximate surface area is 144 Å². The average Bonchev–Trinajstić information content (AvgIpc) is 2.51. The van der Waals surface area contributed by atoms with Gasteiger partial charge in [-0.25, -0.2) is 0 Å². The molecule has 0 spiro atoms. The summed E-state index contributed by atoms with van der Waals surface area (Å²) in [6, 6.07) is 12.2. The maximum atomic E-state index is 12.3. The summed E-state index contributed by atoms with van der Waals surface area (Å²) in [6.45, 7) is 7.24. The van der Waals surface area contributed by atoms with E-state index in [4.69, 9.17) is 4.74 Å². The summed E-state index contributed by atoms with van der Waals surface area (Å²) in [5.74, 6) is 0.891. The van der Waals surface area contributed by atoms with Crippen LogP contribution in [-0.2, 0) is 11.3 Å². The molecule has 2 rings (SSSR count). The number of likely N-dealkylation sites (N-methyl/N-ethyl adjacent to an activating group) is 1. The molecule has 0 fully saturated rings. The molecule has 2 N–H and O–H groups in total. The highest BCUT2D eigenvalue weighted by Gasteiger charge is 2.14. The van der Waals surface area contributed by atoms with Crippen molar-refractivity contribution in [1.29, 1.82) is 0 Å². The number of benzene rings is 2. The number of aryl methyl sites for hydroxylation is 3. The Morgan fingerprint density at radius 2 is 1.75 bits per heavy atom. The Kier molecular flexibility index (Phi) is 5.99. The van der Waals surface area contributed by atoms with Gasteiger partial charge < -0.3 is 15.0 Å². The van der Waals surface area contributed by atoms with Crippen molar-refractivity contribution in [3.8, 4) is 5.75 Å². The quantitative estimate of drug-likeness (QED) is 0.855. The number of methoxy groups -OCH3 is 1. The molecule has 0 aliphatic rings. The minimum absolute atomic E-state index is 0.0211. The van der Waals surface area contributed by atoms with Gasteiger partial charge in [-0.15, -0.1) is 0 Å². The van der Waals surface area contributed by atoms with Crippen molar-refractivity contribution in [3.05, 3.63) is 58.7 Å². The summed E-state index contributed by atoms with van der Waals surface area (Å²) < 4.78 is 5.42. The topological polar surface area (TPSA) is 42.8 Å². The van der Waals surface area contributed by atoms with Crippen molar-refractivity contribution in [2.75, 3.05) is 26.0 Å². The molecule has 0 aromatic heterocycles. The molecule has 4 nitrogen and oxygen atoms in total. The second-order valence-corrected chi connectivity index (χ2v) is 6.49. The Bertz CT molecular complexity index is 726. The summed E-state index contributed by atoms with van der Waals surface area (Å²) in [5, 5.41) is 3.02. The van der Waals surface area contributed by atoms with E-state index >= 15 is 0 Å². The summed E-state index contributed by atoms with van der Waals surface area (Å²) in [7, 11) is 3.70. The molecule has 0 saturated carbocycles. The van der Waals surface area contributed by atoms with Gasteiger partial charge in [0.05, 0.1) is 14.2 Å². The van der Waals surface area contributed by atoms with Crippen LogP contribution >= 0.6 is 0 Å². The number of hydrogen-bond acceptors (Lipinski definition) is 2. The first kappa shape index (κ1) is 18.0. The molecule has 0 saturated heterocycles. The van der Waals surface area contributed by atoms with Crippen molar-refractivity contribution >= 4 is 11.6 Å². The number of hydrogen-bond donors (Lipinski definition) is 2. The largest absolute Gasteiger partial charge is 0.496 e. The first-order chi connectivity index (χ1) is 11.4. The minimum atomic E-state index is 0.0211. The summed E-state index contributed by atoms with van der Waals surface area (Å²) in [4.78, 5) is 13.4. The molecule has 2 aromatic rings. The first-order valence-electron chi connectivity index (χ1n) is 8.21. The Balaban J connectivity index is 1.99. The van der Waals surface area contributed by atoms with Gasteiger partial charge in [-0.3, -0.25) is 4.79 Å². The third-order valence-corrected chi connectivity index (χ3v) is 4.06. The van der Waals surface area contributed by atoms with E-state index in [1.54, 1.807) is 7.11 Å². The maximum Gasteiger partial charge on any atom is 0.279 e. The number of ether oxygens (including phenoxy) is 1. The Morgan fingerprint density at radius 1 is 1.08 bits per heavy atom. The molecular formula is C20H27N2O2+. The molecule has 0 aliphatic carbocycles. The lowest BCUT2D eigenvalue weighted by atomic mass is 10.1. The SMILES string of the molecule is COc1ccc(C)cc1C[NH+](C)CC(=O)Nc1cc(C)ccc1C. The third-order valence-electron chi connectivity index (χ3n) is 4.06. The van der Waals surface area contributed by atoms with E-state index in [-0.39, 0.29) is 5.91 Å². The number of carbonyl (C=O) groups is 1. The van der Waals surface area contributed by atoms with E-state index in [1.165, 1.54) is 5.56 Å². The molecule has 0 bridgehead atoms. The maximum absolute atomic E-state index is 12.3. The van der Waals surface area contributed by atoms with Crippen LogP contribution in [0.2, 0.25) is 0 Å². The number of carbonyl (C=O) groups excluding carboxylic acids is 1. The molecule has 24 heavy (non-hydrogen) atoms. The van der Waals surface area contributed by atoms with Crippen LogP contribution in [0.5, 0.6) is 5.75 Å². The smallest absolute Gasteiger partial charge is 0.279 e. The van der Waals surface area contributed by atoms with Gasteiger partial charge in [0.2, 0.25) is 0 Å². The van der Waals surface area contributed by atoms with E-state index in [9.17, 15) is 4.79 Å². The average molecular weight is 327 g/mol. The van der Waals surface area contributed by atoms with E-state index < -0.39 is 0 Å². The molecule has 2 aromatic carbocycles. The number of rotatable bonds is 6. The fourth-order valence-corrected chi connectivity index (χ4v) is 2.77. The second kappa shape index (κ2) is 7.97. The van der Waals surface area contributed by atoms with Crippen LogP contribution in [0.4, 0.5) is 5.69 Å². The summed E-state index contributed by atoms with van der Waals surface area (Å²) >= 11 is 0. The van der Waals surface area contributed by atoms with Crippen LogP contribution < -0.4 is 15.0 Å². The van der Waals surface area contributed by atoms with Crippen LogP contribution in [-0.4, -0.2) is 26.6 Å². The molecule has 1 amide bonds. The number of quaternary nitrogens is 1. The predicted molar refractivity (Wildman–Crippen MR) is 97.7 cm³/mol. The zero-order valence-electron chi connectivity index (χ0n) is 15.2. The van der Waals surface area contributed by atoms with E-state index in [0.717, 1.165) is 39.6 Å². The van der Waals surface area contributed by atoms with Crippen LogP contribution in [0.15, 0.2) is 36.4 Å². The molecule has 0 heterocycles. The Hall–Kier alpha value is -2.33. The molecule has 0 aliphatic heterocycles. The Morgan fingerprint density at radius 3 is 2.46 bits per heavy atom. The minimum Gasteiger partial charge on any atom is -0.496 e. The monoisotopic (exact) mass is 327 g/mol. The van der Waals surface area contributed by atoms with Gasteiger partial charge in [-0.05, 0) is 50.1 Å². The van der Waals surface area contributed by atoms with Gasteiger partial charge in [0.1, 0.15) is 12.3 Å². The molecule has 4 heteroatoms. The fourth-order valence-electron chi connectivity index (χ4n) is 2.77. The van der Waals surface area contributed by atoms with Crippen molar-refractivity contribution in [2.45, 2.75) is 27.3 Å². The van der Waals surface area contributed by atoms with E-state index in [2.05, 4.69) is 18.3 Å². The van der Waals surface area contributed by atoms with Gasteiger partial charge in [0.15, 0.2) is 6.54 Å². The zero-order valence-corrected chi connectivity index (χ0v) is 15.2. The van der Waals surface area contributed by atoms with Gasteiger partial charge in [-0.2, -0.15) is 0 Å². The van der Waals surface area contributed by atoms with Crippen molar-refractivity contribution in [2.24, 2.45) is 0 Å². The van der Waals surface area contributed by atoms with Crippen LogP contribution in [0, 0.1) is 20.8 Å². The number of anilines is 1. The fraction of sp³-hybridized carbons (Fsp3) is 0.350. The standard InChI is InChI=1S/C20H26N2O2/c1-14-7-9-19(24-5)17(10-14)12-22(4)13-20(23)21-18-11-15(2)6-8-16(18)3/h6-11H,12-13H2,1-5H3,(H,21,23)/p+1. The van der Waals surface area contributed by atoms with E-state index in [0.29, 0.717) is 6.54 Å².